The molecule has 3 aromatic heterocycles. The average Bonchev–Trinajstić information content (AvgIpc) is 3.28. The first-order valence-electron chi connectivity index (χ1n) is 9.57. The number of hydrogen-bond donors (Lipinski definition) is 3. The Balaban J connectivity index is 1.39. The number of rotatable bonds is 7. The monoisotopic (exact) mass is 412 g/mol. The topological polar surface area (TPSA) is 105 Å². The van der Waals surface area contributed by atoms with E-state index >= 15 is 0 Å². The van der Waals surface area contributed by atoms with Crippen molar-refractivity contribution in [2.75, 3.05) is 16.0 Å². The van der Waals surface area contributed by atoms with Crippen molar-refractivity contribution in [3.63, 3.8) is 0 Å². The molecular weight excluding hydrogens is 392 g/mol. The maximum absolute atomic E-state index is 12.0. The lowest BCUT2D eigenvalue weighted by Gasteiger charge is -2.10. The van der Waals surface area contributed by atoms with Gasteiger partial charge in [0.25, 0.3) is 0 Å². The number of aromatic nitrogens is 3. The van der Waals surface area contributed by atoms with Crippen LogP contribution in [0.25, 0.3) is 6.08 Å². The van der Waals surface area contributed by atoms with Gasteiger partial charge >= 0.3 is 0 Å². The predicted molar refractivity (Wildman–Crippen MR) is 120 cm³/mol. The van der Waals surface area contributed by atoms with Crippen molar-refractivity contribution in [1.29, 1.82) is 0 Å². The molecule has 8 heteroatoms. The Morgan fingerprint density at radius 1 is 0.903 bits per heavy atom. The summed E-state index contributed by atoms with van der Waals surface area (Å²) in [6.45, 7) is 1.82. The van der Waals surface area contributed by atoms with Crippen LogP contribution in [0.2, 0.25) is 0 Å². The summed E-state index contributed by atoms with van der Waals surface area (Å²) in [7, 11) is 0. The highest BCUT2D eigenvalue weighted by atomic mass is 16.3. The molecule has 1 amide bonds. The molecule has 0 spiro atoms. The Morgan fingerprint density at radius 2 is 1.68 bits per heavy atom. The van der Waals surface area contributed by atoms with Crippen LogP contribution in [0.1, 0.15) is 11.6 Å². The number of pyridine rings is 1. The van der Waals surface area contributed by atoms with Crippen molar-refractivity contribution >= 4 is 40.8 Å². The second kappa shape index (κ2) is 9.36. The van der Waals surface area contributed by atoms with Crippen LogP contribution in [0.4, 0.5) is 28.8 Å². The normalized spacial score (nSPS) is 10.7. The van der Waals surface area contributed by atoms with E-state index in [2.05, 4.69) is 30.9 Å². The van der Waals surface area contributed by atoms with Crippen molar-refractivity contribution in [1.82, 2.24) is 15.0 Å². The van der Waals surface area contributed by atoms with E-state index < -0.39 is 0 Å². The number of amides is 1. The lowest BCUT2D eigenvalue weighted by Crippen LogP contribution is -2.07. The van der Waals surface area contributed by atoms with Crippen molar-refractivity contribution < 1.29 is 9.21 Å². The van der Waals surface area contributed by atoms with Gasteiger partial charge in [0, 0.05) is 29.7 Å². The third-order valence-electron chi connectivity index (χ3n) is 4.13. The van der Waals surface area contributed by atoms with Gasteiger partial charge in [0.05, 0.1) is 6.26 Å². The zero-order valence-corrected chi connectivity index (χ0v) is 16.7. The molecule has 0 bridgehead atoms. The Hall–Kier alpha value is -4.46. The summed E-state index contributed by atoms with van der Waals surface area (Å²) in [6, 6.07) is 18.3. The predicted octanol–water partition coefficient (Wildman–Crippen LogP) is 4.91. The zero-order chi connectivity index (χ0) is 21.5. The number of anilines is 5. The Bertz CT molecular complexity index is 1170. The van der Waals surface area contributed by atoms with Gasteiger partial charge in [0.1, 0.15) is 29.0 Å². The van der Waals surface area contributed by atoms with Gasteiger partial charge in [-0.15, -0.1) is 0 Å². The smallest absolute Gasteiger partial charge is 0.248 e. The minimum atomic E-state index is -0.242. The van der Waals surface area contributed by atoms with E-state index in [9.17, 15) is 4.79 Å². The van der Waals surface area contributed by atoms with Gasteiger partial charge in [0.15, 0.2) is 0 Å². The molecule has 8 nitrogen and oxygen atoms in total. The van der Waals surface area contributed by atoms with Crippen LogP contribution in [-0.2, 0) is 4.79 Å². The Labute approximate surface area is 179 Å². The third kappa shape index (κ3) is 5.77. The van der Waals surface area contributed by atoms with Crippen LogP contribution >= 0.6 is 0 Å². The SMILES string of the molecule is Cc1nc(Nc2ccc(NC(=O)/C=C/c3ccco3)cc2)cc(Nc2ccccn2)n1. The Kier molecular flexibility index (Phi) is 5.99. The number of nitrogens with zero attached hydrogens (tertiary/aromatic N) is 3. The maximum atomic E-state index is 12.0. The molecule has 0 aliphatic heterocycles. The molecule has 0 unspecified atom stereocenters. The molecule has 3 N–H and O–H groups in total. The van der Waals surface area contributed by atoms with Gasteiger partial charge in [-0.2, -0.15) is 0 Å². The minimum absolute atomic E-state index is 0.242. The number of nitrogens with one attached hydrogen (secondary N) is 3. The van der Waals surface area contributed by atoms with E-state index in [1.165, 1.54) is 6.08 Å². The van der Waals surface area contributed by atoms with Crippen molar-refractivity contribution in [3.8, 4) is 0 Å². The fraction of sp³-hybridized carbons (Fsp3) is 0.0435. The number of furan rings is 1. The van der Waals surface area contributed by atoms with Gasteiger partial charge in [-0.3, -0.25) is 4.79 Å². The largest absolute Gasteiger partial charge is 0.465 e. The molecule has 4 aromatic rings. The van der Waals surface area contributed by atoms with Gasteiger partial charge in [-0.25, -0.2) is 15.0 Å². The number of benzene rings is 1. The second-order valence-corrected chi connectivity index (χ2v) is 6.57. The highest BCUT2D eigenvalue weighted by molar-refractivity contribution is 6.01. The van der Waals surface area contributed by atoms with E-state index in [4.69, 9.17) is 4.42 Å². The van der Waals surface area contributed by atoms with Crippen LogP contribution < -0.4 is 16.0 Å². The number of hydrogen-bond acceptors (Lipinski definition) is 7. The van der Waals surface area contributed by atoms with Crippen molar-refractivity contribution in [2.24, 2.45) is 0 Å². The minimum Gasteiger partial charge on any atom is -0.465 e. The van der Waals surface area contributed by atoms with Crippen LogP contribution in [0.15, 0.2) is 83.6 Å². The first kappa shape index (κ1) is 19.8. The van der Waals surface area contributed by atoms with E-state index in [1.807, 2.05) is 49.4 Å². The molecule has 0 aliphatic carbocycles. The first-order valence-corrected chi connectivity index (χ1v) is 9.57. The highest BCUT2D eigenvalue weighted by Crippen LogP contribution is 2.21. The standard InChI is InChI=1S/C23H20N6O2/c1-16-25-21(15-22(26-16)29-20-6-2-3-13-24-20)27-17-7-9-18(10-8-17)28-23(30)12-11-19-5-4-14-31-19/h2-15H,1H3,(H,28,30)(H2,24,25,26,27,29)/b12-11+. The highest BCUT2D eigenvalue weighted by Gasteiger charge is 2.05. The van der Waals surface area contributed by atoms with Gasteiger partial charge < -0.3 is 20.4 Å². The number of carbonyl (C=O) groups is 1. The molecule has 4 rings (SSSR count). The summed E-state index contributed by atoms with van der Waals surface area (Å²) >= 11 is 0. The van der Waals surface area contributed by atoms with Gasteiger partial charge in [-0.1, -0.05) is 6.07 Å². The number of carbonyl (C=O) groups excluding carboxylic acids is 1. The molecular formula is C23H20N6O2. The number of aryl methyl sites for hydroxylation is 1. The molecule has 0 saturated carbocycles. The summed E-state index contributed by atoms with van der Waals surface area (Å²) < 4.78 is 5.16. The average molecular weight is 412 g/mol. The first-order chi connectivity index (χ1) is 15.1. The summed E-state index contributed by atoms with van der Waals surface area (Å²) in [4.78, 5) is 25.1. The molecule has 1 aromatic carbocycles. The van der Waals surface area contributed by atoms with Gasteiger partial charge in [0.2, 0.25) is 5.91 Å². The summed E-state index contributed by atoms with van der Waals surface area (Å²) in [5.74, 6) is 2.98. The van der Waals surface area contributed by atoms with Crippen molar-refractivity contribution in [3.05, 3.63) is 90.8 Å². The second-order valence-electron chi connectivity index (χ2n) is 6.57. The molecule has 31 heavy (non-hydrogen) atoms. The van der Waals surface area contributed by atoms with E-state index in [0.29, 0.717) is 34.7 Å². The molecule has 0 radical (unpaired) electrons. The van der Waals surface area contributed by atoms with Crippen LogP contribution in [0.3, 0.4) is 0 Å². The maximum Gasteiger partial charge on any atom is 0.248 e. The molecule has 0 saturated heterocycles. The summed E-state index contributed by atoms with van der Waals surface area (Å²) in [6.07, 6.45) is 6.30. The lowest BCUT2D eigenvalue weighted by molar-refractivity contribution is -0.111. The molecule has 0 fully saturated rings. The fourth-order valence-electron chi connectivity index (χ4n) is 2.78. The molecule has 0 aliphatic rings. The summed E-state index contributed by atoms with van der Waals surface area (Å²) in [5.41, 5.74) is 1.50. The lowest BCUT2D eigenvalue weighted by atomic mass is 10.2. The van der Waals surface area contributed by atoms with Crippen LogP contribution in [-0.4, -0.2) is 20.9 Å². The summed E-state index contributed by atoms with van der Waals surface area (Å²) in [5, 5.41) is 9.21. The zero-order valence-electron chi connectivity index (χ0n) is 16.7. The van der Waals surface area contributed by atoms with E-state index in [0.717, 1.165) is 5.69 Å². The van der Waals surface area contributed by atoms with E-state index in [-0.39, 0.29) is 5.91 Å². The third-order valence-corrected chi connectivity index (χ3v) is 4.13. The van der Waals surface area contributed by atoms with Crippen LogP contribution in [0, 0.1) is 6.92 Å². The molecule has 154 valence electrons. The van der Waals surface area contributed by atoms with E-state index in [1.54, 1.807) is 36.7 Å². The van der Waals surface area contributed by atoms with Crippen LogP contribution in [0.5, 0.6) is 0 Å². The molecule has 3 heterocycles. The van der Waals surface area contributed by atoms with Gasteiger partial charge in [-0.05, 0) is 61.5 Å². The Morgan fingerprint density at radius 3 is 2.39 bits per heavy atom. The molecule has 0 atom stereocenters. The quantitative estimate of drug-likeness (QED) is 0.370. The van der Waals surface area contributed by atoms with Crippen molar-refractivity contribution in [2.45, 2.75) is 6.92 Å². The fourth-order valence-corrected chi connectivity index (χ4v) is 2.78.